The molecule has 0 spiro atoms. The molecule has 0 amide bonds. The van der Waals surface area contributed by atoms with E-state index in [1.54, 1.807) is 0 Å². The SMILES string of the molecule is O=[N+]([O-])c1c(-c2cccc(OC(F)(F)F)c2)cncc1-c1cccc(OC(F)(F)F)c1. The van der Waals surface area contributed by atoms with Gasteiger partial charge in [0.15, 0.2) is 0 Å². The van der Waals surface area contributed by atoms with Crippen molar-refractivity contribution in [2.45, 2.75) is 12.7 Å². The van der Waals surface area contributed by atoms with E-state index >= 15 is 0 Å². The molecule has 12 heteroatoms. The van der Waals surface area contributed by atoms with Crippen LogP contribution in [0.2, 0.25) is 0 Å². The number of halogens is 6. The number of alkyl halides is 6. The van der Waals surface area contributed by atoms with Crippen molar-refractivity contribution in [2.24, 2.45) is 0 Å². The summed E-state index contributed by atoms with van der Waals surface area (Å²) in [5.41, 5.74) is -0.895. The average molecular weight is 444 g/mol. The van der Waals surface area contributed by atoms with Gasteiger partial charge in [0.1, 0.15) is 11.5 Å². The van der Waals surface area contributed by atoms with Crippen molar-refractivity contribution in [1.82, 2.24) is 4.98 Å². The third-order valence-electron chi connectivity index (χ3n) is 3.86. The fourth-order valence-corrected chi connectivity index (χ4v) is 2.79. The summed E-state index contributed by atoms with van der Waals surface area (Å²) in [5, 5.41) is 11.8. The Kier molecular flexibility index (Phi) is 5.73. The lowest BCUT2D eigenvalue weighted by Crippen LogP contribution is -2.17. The van der Waals surface area contributed by atoms with Gasteiger partial charge in [-0.3, -0.25) is 15.1 Å². The number of aromatic nitrogens is 1. The van der Waals surface area contributed by atoms with E-state index < -0.39 is 34.8 Å². The summed E-state index contributed by atoms with van der Waals surface area (Å²) >= 11 is 0. The second kappa shape index (κ2) is 8.13. The van der Waals surface area contributed by atoms with Gasteiger partial charge >= 0.3 is 12.7 Å². The first-order chi connectivity index (χ1) is 14.4. The molecule has 0 saturated heterocycles. The monoisotopic (exact) mass is 444 g/mol. The topological polar surface area (TPSA) is 74.5 Å². The van der Waals surface area contributed by atoms with Gasteiger partial charge in [-0.15, -0.1) is 26.3 Å². The Hall–Kier alpha value is -3.83. The first kappa shape index (κ1) is 21.9. The zero-order valence-electron chi connectivity index (χ0n) is 15.1. The van der Waals surface area contributed by atoms with Crippen molar-refractivity contribution in [2.75, 3.05) is 0 Å². The predicted octanol–water partition coefficient (Wildman–Crippen LogP) is 6.12. The summed E-state index contributed by atoms with van der Waals surface area (Å²) < 4.78 is 82.6. The van der Waals surface area contributed by atoms with E-state index in [-0.39, 0.29) is 22.3 Å². The molecular weight excluding hydrogens is 434 g/mol. The van der Waals surface area contributed by atoms with Crippen LogP contribution in [0.1, 0.15) is 0 Å². The lowest BCUT2D eigenvalue weighted by atomic mass is 9.99. The van der Waals surface area contributed by atoms with Gasteiger partial charge in [0.2, 0.25) is 0 Å². The molecule has 0 bridgehead atoms. The highest BCUT2D eigenvalue weighted by Crippen LogP contribution is 2.40. The van der Waals surface area contributed by atoms with Crippen LogP contribution >= 0.6 is 0 Å². The highest BCUT2D eigenvalue weighted by Gasteiger charge is 2.32. The summed E-state index contributed by atoms with van der Waals surface area (Å²) in [6, 6.07) is 8.90. The molecule has 162 valence electrons. The van der Waals surface area contributed by atoms with Crippen LogP contribution in [0.3, 0.4) is 0 Å². The van der Waals surface area contributed by atoms with Crippen molar-refractivity contribution in [3.63, 3.8) is 0 Å². The molecule has 0 radical (unpaired) electrons. The van der Waals surface area contributed by atoms with Gasteiger partial charge in [0.05, 0.1) is 16.1 Å². The summed E-state index contributed by atoms with van der Waals surface area (Å²) in [6.45, 7) is 0. The first-order valence-corrected chi connectivity index (χ1v) is 8.28. The number of pyridine rings is 1. The maximum atomic E-state index is 12.5. The van der Waals surface area contributed by atoms with E-state index in [0.29, 0.717) is 0 Å². The Morgan fingerprint density at radius 1 is 0.774 bits per heavy atom. The van der Waals surface area contributed by atoms with E-state index in [1.165, 1.54) is 24.3 Å². The van der Waals surface area contributed by atoms with Crippen molar-refractivity contribution < 1.29 is 40.7 Å². The zero-order valence-corrected chi connectivity index (χ0v) is 15.1. The number of nitrogens with zero attached hydrogens (tertiary/aromatic N) is 2. The minimum absolute atomic E-state index is 0.00880. The van der Waals surface area contributed by atoms with Crippen LogP contribution in [0.15, 0.2) is 60.9 Å². The highest BCUT2D eigenvalue weighted by atomic mass is 19.4. The number of benzene rings is 2. The molecule has 1 aromatic heterocycles. The zero-order chi connectivity index (χ0) is 22.8. The van der Waals surface area contributed by atoms with Crippen molar-refractivity contribution in [3.8, 4) is 33.8 Å². The van der Waals surface area contributed by atoms with Crippen LogP contribution in [0, 0.1) is 10.1 Å². The Bertz CT molecular complexity index is 1040. The first-order valence-electron chi connectivity index (χ1n) is 8.28. The fourth-order valence-electron chi connectivity index (χ4n) is 2.79. The van der Waals surface area contributed by atoms with Crippen LogP contribution in [-0.4, -0.2) is 22.6 Å². The van der Waals surface area contributed by atoms with Gasteiger partial charge in [-0.1, -0.05) is 24.3 Å². The third kappa shape index (κ3) is 5.62. The second-order valence-electron chi connectivity index (χ2n) is 5.99. The standard InChI is InChI=1S/C19H10F6N2O4/c20-18(21,22)30-13-5-1-3-11(7-13)15-9-26-10-16(17(15)27(28)29)12-4-2-6-14(8-12)31-19(23,24)25/h1-10H. The van der Waals surface area contributed by atoms with Gasteiger partial charge in [-0.05, 0) is 35.4 Å². The lowest BCUT2D eigenvalue weighted by molar-refractivity contribution is -0.383. The molecule has 0 N–H and O–H groups in total. The molecule has 0 saturated carbocycles. The smallest absolute Gasteiger partial charge is 0.406 e. The molecule has 0 fully saturated rings. The van der Waals surface area contributed by atoms with Gasteiger partial charge in [0, 0.05) is 12.4 Å². The van der Waals surface area contributed by atoms with Crippen LogP contribution in [-0.2, 0) is 0 Å². The molecule has 6 nitrogen and oxygen atoms in total. The van der Waals surface area contributed by atoms with Gasteiger partial charge in [-0.2, -0.15) is 0 Å². The summed E-state index contributed by atoms with van der Waals surface area (Å²) in [7, 11) is 0. The summed E-state index contributed by atoms with van der Waals surface area (Å²) in [5.74, 6) is -1.21. The lowest BCUT2D eigenvalue weighted by Gasteiger charge is -2.12. The van der Waals surface area contributed by atoms with E-state index in [9.17, 15) is 36.5 Å². The summed E-state index contributed by atoms with van der Waals surface area (Å²) in [6.07, 6.45) is -7.82. The van der Waals surface area contributed by atoms with Crippen molar-refractivity contribution in [1.29, 1.82) is 0 Å². The number of ether oxygens (including phenoxy) is 2. The van der Waals surface area contributed by atoms with Crippen LogP contribution in [0.4, 0.5) is 32.0 Å². The molecule has 3 aromatic rings. The van der Waals surface area contributed by atoms with Gasteiger partial charge < -0.3 is 9.47 Å². The van der Waals surface area contributed by atoms with E-state index in [0.717, 1.165) is 36.7 Å². The fraction of sp³-hybridized carbons (Fsp3) is 0.105. The number of hydrogen-bond acceptors (Lipinski definition) is 5. The minimum atomic E-state index is -4.97. The third-order valence-corrected chi connectivity index (χ3v) is 3.86. The number of nitro groups is 1. The largest absolute Gasteiger partial charge is 0.573 e. The quantitative estimate of drug-likeness (QED) is 0.269. The Morgan fingerprint density at radius 2 is 1.19 bits per heavy atom. The number of rotatable bonds is 5. The van der Waals surface area contributed by atoms with Crippen LogP contribution < -0.4 is 9.47 Å². The van der Waals surface area contributed by atoms with Gasteiger partial charge in [0.25, 0.3) is 5.69 Å². The Labute approximate surface area is 169 Å². The van der Waals surface area contributed by atoms with E-state index in [4.69, 9.17) is 0 Å². The average Bonchev–Trinajstić information content (AvgIpc) is 2.65. The molecule has 0 unspecified atom stereocenters. The molecule has 0 atom stereocenters. The molecule has 31 heavy (non-hydrogen) atoms. The van der Waals surface area contributed by atoms with E-state index in [2.05, 4.69) is 14.5 Å². The Morgan fingerprint density at radius 3 is 1.55 bits per heavy atom. The van der Waals surface area contributed by atoms with Gasteiger partial charge in [-0.25, -0.2) is 0 Å². The molecule has 3 rings (SSSR count). The van der Waals surface area contributed by atoms with Crippen LogP contribution in [0.5, 0.6) is 11.5 Å². The number of hydrogen-bond donors (Lipinski definition) is 0. The van der Waals surface area contributed by atoms with Crippen molar-refractivity contribution >= 4 is 5.69 Å². The molecule has 1 heterocycles. The molecule has 0 aliphatic carbocycles. The van der Waals surface area contributed by atoms with E-state index in [1.807, 2.05) is 0 Å². The molecular formula is C19H10F6N2O4. The molecule has 0 aliphatic rings. The second-order valence-corrected chi connectivity index (χ2v) is 5.99. The maximum absolute atomic E-state index is 12.5. The molecule has 0 aliphatic heterocycles. The maximum Gasteiger partial charge on any atom is 0.573 e. The van der Waals surface area contributed by atoms with Crippen molar-refractivity contribution in [3.05, 3.63) is 71.0 Å². The predicted molar refractivity (Wildman–Crippen MR) is 95.1 cm³/mol. The Balaban J connectivity index is 2.11. The summed E-state index contributed by atoms with van der Waals surface area (Å²) in [4.78, 5) is 14.8. The highest BCUT2D eigenvalue weighted by molar-refractivity contribution is 5.85. The normalized spacial score (nSPS) is 11.8. The molecule has 2 aromatic carbocycles. The van der Waals surface area contributed by atoms with Crippen LogP contribution in [0.25, 0.3) is 22.3 Å². The minimum Gasteiger partial charge on any atom is -0.406 e.